The summed E-state index contributed by atoms with van der Waals surface area (Å²) in [5.41, 5.74) is -0.00497. The average molecular weight is 244 g/mol. The Morgan fingerprint density at radius 3 is 2.29 bits per heavy atom. The topological polar surface area (TPSA) is 32.3 Å². The number of carbonyl (C=O) groups is 1. The number of hydrogen-bond acceptors (Lipinski definition) is 1. The summed E-state index contributed by atoms with van der Waals surface area (Å²) in [4.78, 5) is 12.7. The highest BCUT2D eigenvalue weighted by atomic mass is 19.4. The summed E-state index contributed by atoms with van der Waals surface area (Å²) in [5.74, 6) is 0. The number of rotatable bonds is 1. The first-order chi connectivity index (χ1) is 7.88. The second-order valence-electron chi connectivity index (χ2n) is 4.00. The van der Waals surface area contributed by atoms with Crippen molar-refractivity contribution in [2.75, 3.05) is 13.6 Å². The summed E-state index contributed by atoms with van der Waals surface area (Å²) in [5, 5.41) is 2.68. The molecule has 0 radical (unpaired) electrons. The van der Waals surface area contributed by atoms with Gasteiger partial charge in [-0.2, -0.15) is 13.2 Å². The molecule has 1 heterocycles. The Kier molecular flexibility index (Phi) is 2.73. The van der Waals surface area contributed by atoms with E-state index in [4.69, 9.17) is 0 Å². The Balaban J connectivity index is 2.17. The van der Waals surface area contributed by atoms with E-state index in [9.17, 15) is 18.0 Å². The van der Waals surface area contributed by atoms with Crippen molar-refractivity contribution in [3.05, 3.63) is 35.4 Å². The van der Waals surface area contributed by atoms with Crippen molar-refractivity contribution in [2.24, 2.45) is 0 Å². The maximum atomic E-state index is 12.3. The van der Waals surface area contributed by atoms with Crippen LogP contribution >= 0.6 is 0 Å². The molecule has 0 saturated carbocycles. The van der Waals surface area contributed by atoms with Gasteiger partial charge in [0.25, 0.3) is 0 Å². The SMILES string of the molecule is CN1CC(c2ccc(C(F)(F)F)cc2)NC1=O. The van der Waals surface area contributed by atoms with Crippen LogP contribution in [0.3, 0.4) is 0 Å². The minimum absolute atomic E-state index is 0.213. The minimum atomic E-state index is -4.33. The monoisotopic (exact) mass is 244 g/mol. The molecule has 1 fully saturated rings. The van der Waals surface area contributed by atoms with Crippen LogP contribution in [0.25, 0.3) is 0 Å². The largest absolute Gasteiger partial charge is 0.416 e. The predicted molar refractivity (Wildman–Crippen MR) is 55.3 cm³/mol. The number of nitrogens with one attached hydrogen (secondary N) is 1. The molecule has 1 aliphatic rings. The third-order valence-electron chi connectivity index (χ3n) is 2.74. The van der Waals surface area contributed by atoms with E-state index >= 15 is 0 Å². The average Bonchev–Trinajstić information content (AvgIpc) is 2.58. The molecular formula is C11H11F3N2O. The molecule has 0 aliphatic carbocycles. The van der Waals surface area contributed by atoms with Crippen LogP contribution in [-0.2, 0) is 6.18 Å². The van der Waals surface area contributed by atoms with Crippen LogP contribution in [0.5, 0.6) is 0 Å². The Hall–Kier alpha value is -1.72. The van der Waals surface area contributed by atoms with Crippen molar-refractivity contribution in [3.8, 4) is 0 Å². The van der Waals surface area contributed by atoms with Gasteiger partial charge in [-0.3, -0.25) is 0 Å². The van der Waals surface area contributed by atoms with Gasteiger partial charge in [-0.1, -0.05) is 12.1 Å². The highest BCUT2D eigenvalue weighted by Gasteiger charge is 2.31. The number of benzene rings is 1. The Morgan fingerprint density at radius 1 is 1.29 bits per heavy atom. The highest BCUT2D eigenvalue weighted by Crippen LogP contribution is 2.30. The van der Waals surface area contributed by atoms with E-state index in [1.54, 1.807) is 7.05 Å². The van der Waals surface area contributed by atoms with Crippen LogP contribution in [0.1, 0.15) is 17.2 Å². The summed E-state index contributed by atoms with van der Waals surface area (Å²) in [7, 11) is 1.64. The number of urea groups is 1. The third kappa shape index (κ3) is 2.35. The fourth-order valence-electron chi connectivity index (χ4n) is 1.75. The molecule has 1 aromatic carbocycles. The molecule has 17 heavy (non-hydrogen) atoms. The molecule has 2 rings (SSSR count). The maximum absolute atomic E-state index is 12.3. The van der Waals surface area contributed by atoms with Crippen molar-refractivity contribution in [1.29, 1.82) is 0 Å². The lowest BCUT2D eigenvalue weighted by atomic mass is 10.1. The first-order valence-corrected chi connectivity index (χ1v) is 5.07. The van der Waals surface area contributed by atoms with Crippen molar-refractivity contribution < 1.29 is 18.0 Å². The first-order valence-electron chi connectivity index (χ1n) is 5.07. The van der Waals surface area contributed by atoms with E-state index in [0.29, 0.717) is 12.1 Å². The van der Waals surface area contributed by atoms with Gasteiger partial charge in [-0.15, -0.1) is 0 Å². The quantitative estimate of drug-likeness (QED) is 0.808. The van der Waals surface area contributed by atoms with Crippen molar-refractivity contribution in [1.82, 2.24) is 10.2 Å². The van der Waals surface area contributed by atoms with Crippen LogP contribution in [-0.4, -0.2) is 24.5 Å². The van der Waals surface area contributed by atoms with Gasteiger partial charge in [-0.25, -0.2) is 4.79 Å². The molecular weight excluding hydrogens is 233 g/mol. The number of carbonyl (C=O) groups excluding carboxylic acids is 1. The Labute approximate surface area is 96.2 Å². The number of hydrogen-bond donors (Lipinski definition) is 1. The van der Waals surface area contributed by atoms with E-state index in [-0.39, 0.29) is 12.1 Å². The van der Waals surface area contributed by atoms with Gasteiger partial charge in [0, 0.05) is 13.6 Å². The number of halogens is 3. The molecule has 1 N–H and O–H groups in total. The van der Waals surface area contributed by atoms with Crippen molar-refractivity contribution >= 4 is 6.03 Å². The fourth-order valence-corrected chi connectivity index (χ4v) is 1.75. The van der Waals surface area contributed by atoms with Crippen molar-refractivity contribution in [3.63, 3.8) is 0 Å². The molecule has 6 heteroatoms. The van der Waals surface area contributed by atoms with Gasteiger partial charge in [-0.05, 0) is 17.7 Å². The third-order valence-corrected chi connectivity index (χ3v) is 2.74. The van der Waals surface area contributed by atoms with Crippen molar-refractivity contribution in [2.45, 2.75) is 12.2 Å². The second kappa shape index (κ2) is 3.94. The molecule has 0 bridgehead atoms. The van der Waals surface area contributed by atoms with Crippen LogP contribution in [0, 0.1) is 0 Å². The Morgan fingerprint density at radius 2 is 1.88 bits per heavy atom. The van der Waals surface area contributed by atoms with Gasteiger partial charge < -0.3 is 10.2 Å². The Bertz CT molecular complexity index is 427. The van der Waals surface area contributed by atoms with Crippen LogP contribution in [0.2, 0.25) is 0 Å². The molecule has 1 saturated heterocycles. The normalized spacial score (nSPS) is 20.6. The second-order valence-corrected chi connectivity index (χ2v) is 4.00. The molecule has 92 valence electrons. The first kappa shape index (κ1) is 11.8. The molecule has 2 amide bonds. The van der Waals surface area contributed by atoms with Crippen LogP contribution in [0.4, 0.5) is 18.0 Å². The number of likely N-dealkylation sites (N-methyl/N-ethyl adjacent to an activating group) is 1. The van der Waals surface area contributed by atoms with E-state index in [1.807, 2.05) is 0 Å². The lowest BCUT2D eigenvalue weighted by Crippen LogP contribution is -2.23. The number of nitrogens with zero attached hydrogens (tertiary/aromatic N) is 1. The molecule has 1 aromatic rings. The lowest BCUT2D eigenvalue weighted by Gasteiger charge is -2.11. The van der Waals surface area contributed by atoms with Crippen LogP contribution in [0.15, 0.2) is 24.3 Å². The summed E-state index contributed by atoms with van der Waals surface area (Å²) < 4.78 is 37.0. The molecule has 1 atom stereocenters. The zero-order valence-corrected chi connectivity index (χ0v) is 9.08. The standard InChI is InChI=1S/C11H11F3N2O/c1-16-6-9(15-10(16)17)7-2-4-8(5-3-7)11(12,13)14/h2-5,9H,6H2,1H3,(H,15,17). The van der Waals surface area contributed by atoms with Gasteiger partial charge >= 0.3 is 12.2 Å². The summed E-state index contributed by atoms with van der Waals surface area (Å²) in [6, 6.07) is 4.39. The minimum Gasteiger partial charge on any atom is -0.329 e. The van der Waals surface area contributed by atoms with Gasteiger partial charge in [0.15, 0.2) is 0 Å². The van der Waals surface area contributed by atoms with E-state index < -0.39 is 11.7 Å². The maximum Gasteiger partial charge on any atom is 0.416 e. The molecule has 0 aromatic heterocycles. The molecule has 1 aliphatic heterocycles. The van der Waals surface area contributed by atoms with Gasteiger partial charge in [0.1, 0.15) is 0 Å². The summed E-state index contributed by atoms with van der Waals surface area (Å²) in [6.45, 7) is 0.462. The smallest absolute Gasteiger partial charge is 0.329 e. The summed E-state index contributed by atoms with van der Waals surface area (Å²) >= 11 is 0. The fraction of sp³-hybridized carbons (Fsp3) is 0.364. The number of alkyl halides is 3. The zero-order valence-electron chi connectivity index (χ0n) is 9.08. The van der Waals surface area contributed by atoms with E-state index in [0.717, 1.165) is 12.1 Å². The molecule has 1 unspecified atom stereocenters. The molecule has 3 nitrogen and oxygen atoms in total. The zero-order chi connectivity index (χ0) is 12.6. The highest BCUT2D eigenvalue weighted by molar-refractivity contribution is 5.76. The lowest BCUT2D eigenvalue weighted by molar-refractivity contribution is -0.137. The van der Waals surface area contributed by atoms with Gasteiger partial charge in [0.05, 0.1) is 11.6 Å². The van der Waals surface area contributed by atoms with Crippen LogP contribution < -0.4 is 5.32 Å². The van der Waals surface area contributed by atoms with Gasteiger partial charge in [0.2, 0.25) is 0 Å². The predicted octanol–water partition coefficient (Wildman–Crippen LogP) is 2.40. The molecule has 0 spiro atoms. The van der Waals surface area contributed by atoms with E-state index in [2.05, 4.69) is 5.32 Å². The summed E-state index contributed by atoms with van der Waals surface area (Å²) in [6.07, 6.45) is -4.33. The van der Waals surface area contributed by atoms with E-state index in [1.165, 1.54) is 17.0 Å². The number of amides is 2.